The number of hydrogen-bond acceptors (Lipinski definition) is 3. The van der Waals surface area contributed by atoms with Crippen molar-refractivity contribution in [2.45, 2.75) is 38.6 Å². The topological polar surface area (TPSA) is 63.2 Å². The second kappa shape index (κ2) is 11.2. The quantitative estimate of drug-likeness (QED) is 0.304. The molecule has 0 saturated heterocycles. The van der Waals surface area contributed by atoms with Gasteiger partial charge in [0, 0.05) is 51.5 Å². The van der Waals surface area contributed by atoms with Gasteiger partial charge in [-0.15, -0.1) is 0 Å². The highest BCUT2D eigenvalue weighted by atomic mass is 16.5. The molecule has 1 atom stereocenters. The van der Waals surface area contributed by atoms with E-state index >= 15 is 0 Å². The van der Waals surface area contributed by atoms with Crippen molar-refractivity contribution in [3.05, 3.63) is 89.8 Å². The first kappa shape index (κ1) is 23.8. The maximum Gasteiger partial charge on any atom is 0.255 e. The molecular weight excluding hydrogens is 424 g/mol. The molecule has 34 heavy (non-hydrogen) atoms. The predicted octanol–water partition coefficient (Wildman–Crippen LogP) is 5.45. The minimum absolute atomic E-state index is 0.0180. The van der Waals surface area contributed by atoms with E-state index in [9.17, 15) is 4.79 Å². The zero-order valence-electron chi connectivity index (χ0n) is 20.3. The number of imidazole rings is 1. The minimum Gasteiger partial charge on any atom is -0.383 e. The number of fused-ring (bicyclic) bond motifs is 1. The van der Waals surface area contributed by atoms with Gasteiger partial charge >= 0.3 is 0 Å². The number of methoxy groups -OCH3 is 1. The molecule has 0 aliphatic carbocycles. The molecule has 2 aromatic carbocycles. The number of rotatable bonds is 11. The molecule has 0 aliphatic rings. The number of amides is 1. The maximum atomic E-state index is 13.4. The molecule has 2 heterocycles. The highest BCUT2D eigenvalue weighted by molar-refractivity contribution is 5.96. The van der Waals surface area contributed by atoms with Crippen LogP contribution in [0.15, 0.2) is 67.4 Å². The van der Waals surface area contributed by atoms with E-state index in [-0.39, 0.29) is 11.8 Å². The number of aryl methyl sites for hydroxylation is 1. The van der Waals surface area contributed by atoms with Gasteiger partial charge in [-0.05, 0) is 28.3 Å². The van der Waals surface area contributed by atoms with E-state index in [1.165, 1.54) is 29.2 Å². The second-order valence-corrected chi connectivity index (χ2v) is 8.76. The molecule has 0 radical (unpaired) electrons. The monoisotopic (exact) mass is 458 g/mol. The number of likely N-dealkylation sites (N-methyl/N-ethyl adjacent to an activating group) is 1. The number of benzene rings is 2. The largest absolute Gasteiger partial charge is 0.383 e. The van der Waals surface area contributed by atoms with Gasteiger partial charge in [0.25, 0.3) is 5.91 Å². The molecule has 178 valence electrons. The number of H-pyrrole nitrogens is 1. The van der Waals surface area contributed by atoms with Crippen molar-refractivity contribution >= 4 is 16.7 Å². The van der Waals surface area contributed by atoms with Crippen molar-refractivity contribution in [3.63, 3.8) is 0 Å². The average molecular weight is 459 g/mol. The lowest BCUT2D eigenvalue weighted by Gasteiger charge is -2.23. The van der Waals surface area contributed by atoms with Gasteiger partial charge in [-0.2, -0.15) is 0 Å². The predicted molar refractivity (Wildman–Crippen MR) is 136 cm³/mol. The Kier molecular flexibility index (Phi) is 7.80. The van der Waals surface area contributed by atoms with Crippen LogP contribution in [0, 0.1) is 0 Å². The summed E-state index contributed by atoms with van der Waals surface area (Å²) >= 11 is 0. The van der Waals surface area contributed by atoms with Crippen LogP contribution in [-0.2, 0) is 11.3 Å². The minimum atomic E-state index is -0.128. The van der Waals surface area contributed by atoms with Gasteiger partial charge in [-0.25, -0.2) is 4.98 Å². The molecule has 4 aromatic rings. The third-order valence-electron chi connectivity index (χ3n) is 6.47. The van der Waals surface area contributed by atoms with Gasteiger partial charge in [0.1, 0.15) is 0 Å². The number of nitrogens with one attached hydrogen (secondary N) is 1. The van der Waals surface area contributed by atoms with Crippen LogP contribution >= 0.6 is 0 Å². The van der Waals surface area contributed by atoms with Crippen molar-refractivity contribution < 1.29 is 9.53 Å². The molecule has 0 aliphatic heterocycles. The van der Waals surface area contributed by atoms with Crippen LogP contribution < -0.4 is 0 Å². The van der Waals surface area contributed by atoms with Crippen LogP contribution in [0.1, 0.15) is 59.3 Å². The van der Waals surface area contributed by atoms with E-state index < -0.39 is 0 Å². The Labute approximate surface area is 201 Å². The molecule has 0 fully saturated rings. The summed E-state index contributed by atoms with van der Waals surface area (Å²) in [7, 11) is 3.47. The smallest absolute Gasteiger partial charge is 0.255 e. The van der Waals surface area contributed by atoms with Crippen LogP contribution in [0.2, 0.25) is 0 Å². The van der Waals surface area contributed by atoms with E-state index in [0.29, 0.717) is 18.7 Å². The number of carbonyl (C=O) groups excluding carboxylic acids is 1. The van der Waals surface area contributed by atoms with E-state index in [1.807, 2.05) is 32.0 Å². The van der Waals surface area contributed by atoms with Gasteiger partial charge in [-0.3, -0.25) is 4.79 Å². The number of hydrogen-bond donors (Lipinski definition) is 1. The average Bonchev–Trinajstić information content (AvgIpc) is 3.53. The molecule has 4 rings (SSSR count). The Morgan fingerprint density at radius 1 is 1.12 bits per heavy atom. The third kappa shape index (κ3) is 4.92. The van der Waals surface area contributed by atoms with Crippen molar-refractivity contribution in [2.75, 3.05) is 27.3 Å². The zero-order valence-corrected chi connectivity index (χ0v) is 20.3. The number of aromatic amines is 1. The molecule has 6 nitrogen and oxygen atoms in total. The SMILES string of the molecule is CCCCCn1cncc1C(c1c[nH]cc1C(=O)N(C)CCOC)c1cccc2ccccc12. The fourth-order valence-electron chi connectivity index (χ4n) is 4.61. The first-order valence-electron chi connectivity index (χ1n) is 12.0. The standard InChI is InChI=1S/C28H34N4O2/c1-4-5-8-14-32-20-30-19-26(32)27(23-13-9-11-21-10-6-7-12-22(21)23)24-17-29-18-25(24)28(33)31(2)15-16-34-3/h6-7,9-13,17-20,27,29H,4-5,8,14-16H2,1-3H3. The van der Waals surface area contributed by atoms with Crippen molar-refractivity contribution in [1.29, 1.82) is 0 Å². The van der Waals surface area contributed by atoms with Gasteiger partial charge in [0.15, 0.2) is 0 Å². The fraction of sp³-hybridized carbons (Fsp3) is 0.357. The number of carbonyl (C=O) groups is 1. The molecule has 6 heteroatoms. The number of aromatic nitrogens is 3. The van der Waals surface area contributed by atoms with Crippen LogP contribution in [0.25, 0.3) is 10.8 Å². The third-order valence-corrected chi connectivity index (χ3v) is 6.47. The molecule has 0 saturated carbocycles. The van der Waals surface area contributed by atoms with E-state index in [0.717, 1.165) is 24.2 Å². The zero-order chi connectivity index (χ0) is 23.9. The van der Waals surface area contributed by atoms with Gasteiger partial charge in [0.05, 0.1) is 24.4 Å². The number of unbranched alkanes of at least 4 members (excludes halogenated alkanes) is 2. The van der Waals surface area contributed by atoms with Crippen molar-refractivity contribution in [3.8, 4) is 0 Å². The Balaban J connectivity index is 1.84. The van der Waals surface area contributed by atoms with Crippen molar-refractivity contribution in [2.24, 2.45) is 0 Å². The molecule has 1 N–H and O–H groups in total. The molecule has 0 spiro atoms. The molecule has 2 aromatic heterocycles. The Morgan fingerprint density at radius 2 is 1.94 bits per heavy atom. The lowest BCUT2D eigenvalue weighted by molar-refractivity contribution is 0.0743. The van der Waals surface area contributed by atoms with Crippen LogP contribution in [0.3, 0.4) is 0 Å². The molecule has 0 bridgehead atoms. The van der Waals surface area contributed by atoms with E-state index in [2.05, 4.69) is 63.9 Å². The summed E-state index contributed by atoms with van der Waals surface area (Å²) in [6.07, 6.45) is 11.1. The first-order chi connectivity index (χ1) is 16.7. The summed E-state index contributed by atoms with van der Waals surface area (Å²) in [4.78, 5) is 22.9. The highest BCUT2D eigenvalue weighted by Crippen LogP contribution is 2.38. The highest BCUT2D eigenvalue weighted by Gasteiger charge is 2.28. The first-order valence-corrected chi connectivity index (χ1v) is 12.0. The van der Waals surface area contributed by atoms with Crippen LogP contribution in [-0.4, -0.2) is 52.7 Å². The lowest BCUT2D eigenvalue weighted by Crippen LogP contribution is -2.30. The summed E-state index contributed by atoms with van der Waals surface area (Å²) < 4.78 is 7.43. The van der Waals surface area contributed by atoms with Crippen LogP contribution in [0.4, 0.5) is 0 Å². The molecule has 1 unspecified atom stereocenters. The lowest BCUT2D eigenvalue weighted by atomic mass is 9.85. The summed E-state index contributed by atoms with van der Waals surface area (Å²) in [5, 5.41) is 2.37. The molecule has 1 amide bonds. The van der Waals surface area contributed by atoms with Gasteiger partial charge in [-0.1, -0.05) is 62.2 Å². The van der Waals surface area contributed by atoms with Crippen LogP contribution in [0.5, 0.6) is 0 Å². The van der Waals surface area contributed by atoms with E-state index in [4.69, 9.17) is 4.74 Å². The summed E-state index contributed by atoms with van der Waals surface area (Å²) in [5.41, 5.74) is 3.91. The van der Waals surface area contributed by atoms with Gasteiger partial charge < -0.3 is 19.2 Å². The number of nitrogens with zero attached hydrogens (tertiary/aromatic N) is 3. The Bertz CT molecular complexity index is 1220. The number of ether oxygens (including phenoxy) is 1. The summed E-state index contributed by atoms with van der Waals surface area (Å²) in [6, 6.07) is 14.8. The van der Waals surface area contributed by atoms with E-state index in [1.54, 1.807) is 12.0 Å². The summed E-state index contributed by atoms with van der Waals surface area (Å²) in [6.45, 7) is 4.16. The normalized spacial score (nSPS) is 12.2. The second-order valence-electron chi connectivity index (χ2n) is 8.76. The Hall–Kier alpha value is -3.38. The fourth-order valence-corrected chi connectivity index (χ4v) is 4.61. The Morgan fingerprint density at radius 3 is 2.76 bits per heavy atom. The van der Waals surface area contributed by atoms with Crippen molar-refractivity contribution in [1.82, 2.24) is 19.4 Å². The summed E-state index contributed by atoms with van der Waals surface area (Å²) in [5.74, 6) is -0.146. The molecular formula is C28H34N4O2. The maximum absolute atomic E-state index is 13.4. The van der Waals surface area contributed by atoms with Gasteiger partial charge in [0.2, 0.25) is 0 Å².